The smallest absolute Gasteiger partial charge is 0.271 e. The minimum absolute atomic E-state index is 0.0231. The van der Waals surface area contributed by atoms with Crippen molar-refractivity contribution in [2.75, 3.05) is 12.9 Å². The molecule has 0 aromatic rings. The Labute approximate surface area is 84.3 Å². The third-order valence-corrected chi connectivity index (χ3v) is 2.85. The number of hydrogen-bond acceptors (Lipinski definition) is 4. The molecule has 0 aliphatic carbocycles. The van der Waals surface area contributed by atoms with Gasteiger partial charge in [-0.3, -0.25) is 8.98 Å². The molecule has 0 spiro atoms. The van der Waals surface area contributed by atoms with Gasteiger partial charge in [0.2, 0.25) is 0 Å². The Balaban J connectivity index is 0.000000280. The SMILES string of the molecule is C=C1NC1=O.COS(=O)(=O)CC(C)C. The van der Waals surface area contributed by atoms with Crippen molar-refractivity contribution in [1.82, 2.24) is 5.32 Å². The van der Waals surface area contributed by atoms with Crippen molar-refractivity contribution in [3.05, 3.63) is 12.3 Å². The summed E-state index contributed by atoms with van der Waals surface area (Å²) in [5.41, 5.74) is 0.532. The quantitative estimate of drug-likeness (QED) is 0.420. The summed E-state index contributed by atoms with van der Waals surface area (Å²) in [6.45, 7) is 6.95. The highest BCUT2D eigenvalue weighted by Crippen LogP contribution is 1.99. The normalized spacial score (nSPS) is 14.6. The first-order valence-corrected chi connectivity index (χ1v) is 5.64. The van der Waals surface area contributed by atoms with Crippen LogP contribution in [0.1, 0.15) is 13.8 Å². The summed E-state index contributed by atoms with van der Waals surface area (Å²) in [5.74, 6) is 0.212. The van der Waals surface area contributed by atoms with Crippen LogP contribution in [0.5, 0.6) is 0 Å². The van der Waals surface area contributed by atoms with Gasteiger partial charge in [-0.25, -0.2) is 0 Å². The molecule has 1 rings (SSSR count). The van der Waals surface area contributed by atoms with Gasteiger partial charge < -0.3 is 5.32 Å². The molecular weight excluding hydrogens is 206 g/mol. The molecule has 0 unspecified atom stereocenters. The van der Waals surface area contributed by atoms with Crippen LogP contribution in [0, 0.1) is 5.92 Å². The van der Waals surface area contributed by atoms with Crippen molar-refractivity contribution in [1.29, 1.82) is 0 Å². The number of amides is 1. The molecule has 1 aliphatic heterocycles. The molecule has 0 saturated carbocycles. The lowest BCUT2D eigenvalue weighted by Gasteiger charge is -2.02. The Morgan fingerprint density at radius 2 is 1.86 bits per heavy atom. The van der Waals surface area contributed by atoms with E-state index in [0.29, 0.717) is 5.70 Å². The maximum absolute atomic E-state index is 10.6. The second kappa shape index (κ2) is 5.11. The lowest BCUT2D eigenvalue weighted by atomic mass is 10.3. The van der Waals surface area contributed by atoms with Crippen LogP contribution in [0.4, 0.5) is 0 Å². The van der Waals surface area contributed by atoms with Crippen LogP contribution >= 0.6 is 0 Å². The first kappa shape index (κ1) is 13.1. The summed E-state index contributed by atoms with van der Waals surface area (Å²) >= 11 is 0. The van der Waals surface area contributed by atoms with Gasteiger partial charge in [0.05, 0.1) is 18.6 Å². The molecule has 1 aliphatic rings. The highest BCUT2D eigenvalue weighted by atomic mass is 32.2. The van der Waals surface area contributed by atoms with Crippen LogP contribution < -0.4 is 5.32 Å². The van der Waals surface area contributed by atoms with Gasteiger partial charge >= 0.3 is 0 Å². The number of hydrogen-bond donors (Lipinski definition) is 1. The van der Waals surface area contributed by atoms with Gasteiger partial charge in [0.25, 0.3) is 16.0 Å². The molecular formula is C8H15NO4S. The fourth-order valence-electron chi connectivity index (χ4n) is 0.582. The van der Waals surface area contributed by atoms with Crippen molar-refractivity contribution in [2.24, 2.45) is 5.92 Å². The number of nitrogens with one attached hydrogen (secondary N) is 1. The van der Waals surface area contributed by atoms with E-state index in [1.165, 1.54) is 7.11 Å². The van der Waals surface area contributed by atoms with Crippen molar-refractivity contribution < 1.29 is 17.4 Å². The van der Waals surface area contributed by atoms with Crippen molar-refractivity contribution in [3.63, 3.8) is 0 Å². The van der Waals surface area contributed by atoms with Crippen LogP contribution in [0.2, 0.25) is 0 Å². The molecule has 14 heavy (non-hydrogen) atoms. The van der Waals surface area contributed by atoms with E-state index in [4.69, 9.17) is 0 Å². The predicted molar refractivity (Wildman–Crippen MR) is 52.9 cm³/mol. The first-order chi connectivity index (χ1) is 6.28. The molecule has 82 valence electrons. The first-order valence-electron chi connectivity index (χ1n) is 4.07. The van der Waals surface area contributed by atoms with Gasteiger partial charge in [-0.15, -0.1) is 0 Å². The van der Waals surface area contributed by atoms with E-state index in [-0.39, 0.29) is 17.6 Å². The highest BCUT2D eigenvalue weighted by molar-refractivity contribution is 7.86. The zero-order valence-corrected chi connectivity index (χ0v) is 9.35. The Hall–Kier alpha value is -0.880. The Morgan fingerprint density at radius 3 is 1.93 bits per heavy atom. The fourth-order valence-corrected chi connectivity index (χ4v) is 1.53. The van der Waals surface area contributed by atoms with Crippen LogP contribution in [-0.4, -0.2) is 27.2 Å². The summed E-state index contributed by atoms with van der Waals surface area (Å²) in [7, 11) is -2.04. The second-order valence-electron chi connectivity index (χ2n) is 3.22. The van der Waals surface area contributed by atoms with E-state index in [2.05, 4.69) is 16.1 Å². The molecule has 1 fully saturated rings. The van der Waals surface area contributed by atoms with E-state index in [1.54, 1.807) is 0 Å². The van der Waals surface area contributed by atoms with E-state index >= 15 is 0 Å². The summed E-state index contributed by atoms with van der Waals surface area (Å²) in [6.07, 6.45) is 0. The van der Waals surface area contributed by atoms with Gasteiger partial charge in [0.1, 0.15) is 0 Å². The van der Waals surface area contributed by atoms with Crippen molar-refractivity contribution >= 4 is 16.0 Å². The van der Waals surface area contributed by atoms with E-state index < -0.39 is 10.1 Å². The Morgan fingerprint density at radius 1 is 1.50 bits per heavy atom. The zero-order valence-electron chi connectivity index (χ0n) is 8.53. The molecule has 0 atom stereocenters. The summed E-state index contributed by atoms with van der Waals surface area (Å²) in [6, 6.07) is 0. The molecule has 1 heterocycles. The van der Waals surface area contributed by atoms with Crippen LogP contribution in [0.3, 0.4) is 0 Å². The standard InChI is InChI=1S/C5H12O3S.C3H3NO/c1-5(2)4-9(6,7)8-3;1-2-3(5)4-2/h5H,4H2,1-3H3;1H2,(H,4,5). The van der Waals surface area contributed by atoms with E-state index in [1.807, 2.05) is 13.8 Å². The van der Waals surface area contributed by atoms with E-state index in [9.17, 15) is 13.2 Å². The topological polar surface area (TPSA) is 82.4 Å². The Bertz CT molecular complexity index is 306. The molecule has 1 saturated heterocycles. The molecule has 0 aromatic heterocycles. The lowest BCUT2D eigenvalue weighted by molar-refractivity contribution is -0.109. The molecule has 1 N–H and O–H groups in total. The van der Waals surface area contributed by atoms with Gasteiger partial charge in [-0.2, -0.15) is 8.42 Å². The molecule has 6 heteroatoms. The fraction of sp³-hybridized carbons (Fsp3) is 0.625. The zero-order chi connectivity index (χ0) is 11.4. The molecule has 5 nitrogen and oxygen atoms in total. The average molecular weight is 221 g/mol. The maximum atomic E-state index is 10.6. The third-order valence-electron chi connectivity index (χ3n) is 1.27. The number of rotatable bonds is 3. The van der Waals surface area contributed by atoms with Crippen molar-refractivity contribution in [3.8, 4) is 0 Å². The third kappa shape index (κ3) is 6.62. The average Bonchev–Trinajstić information content (AvgIpc) is 2.63. The van der Waals surface area contributed by atoms with Gasteiger partial charge in [-0.1, -0.05) is 20.4 Å². The maximum Gasteiger partial charge on any atom is 0.271 e. The minimum Gasteiger partial charge on any atom is -0.317 e. The summed E-state index contributed by atoms with van der Waals surface area (Å²) in [5, 5.41) is 2.36. The van der Waals surface area contributed by atoms with Crippen LogP contribution in [0.15, 0.2) is 12.3 Å². The summed E-state index contributed by atoms with van der Waals surface area (Å²) in [4.78, 5) is 9.68. The van der Waals surface area contributed by atoms with Gasteiger partial charge in [0.15, 0.2) is 0 Å². The van der Waals surface area contributed by atoms with Gasteiger partial charge in [-0.05, 0) is 5.92 Å². The second-order valence-corrected chi connectivity index (χ2v) is 5.00. The lowest BCUT2D eigenvalue weighted by Crippen LogP contribution is -2.12. The van der Waals surface area contributed by atoms with Crippen LogP contribution in [-0.2, 0) is 19.1 Å². The summed E-state index contributed by atoms with van der Waals surface area (Å²) < 4.78 is 25.4. The highest BCUT2D eigenvalue weighted by Gasteiger charge is 2.20. The monoisotopic (exact) mass is 221 g/mol. The van der Waals surface area contributed by atoms with Gasteiger partial charge in [0, 0.05) is 0 Å². The Kier molecular flexibility index (Phi) is 4.79. The molecule has 0 bridgehead atoms. The number of carbonyl (C=O) groups excluding carboxylic acids is 1. The minimum atomic E-state index is -3.22. The van der Waals surface area contributed by atoms with E-state index in [0.717, 1.165) is 0 Å². The number of carbonyl (C=O) groups is 1. The van der Waals surface area contributed by atoms with Crippen LogP contribution in [0.25, 0.3) is 0 Å². The van der Waals surface area contributed by atoms with Crippen molar-refractivity contribution in [2.45, 2.75) is 13.8 Å². The molecule has 0 aromatic carbocycles. The predicted octanol–water partition coefficient (Wildman–Crippen LogP) is 0.248. The molecule has 0 radical (unpaired) electrons. The molecule has 1 amide bonds. The largest absolute Gasteiger partial charge is 0.317 e.